The summed E-state index contributed by atoms with van der Waals surface area (Å²) >= 11 is 0. The van der Waals surface area contributed by atoms with E-state index in [-0.39, 0.29) is 11.9 Å². The maximum Gasteiger partial charge on any atom is 0.244 e. The molecule has 5 heteroatoms. The van der Waals surface area contributed by atoms with E-state index in [0.29, 0.717) is 30.6 Å². The average Bonchev–Trinajstić information content (AvgIpc) is 2.71. The van der Waals surface area contributed by atoms with Crippen molar-refractivity contribution in [1.82, 2.24) is 5.32 Å². The van der Waals surface area contributed by atoms with Crippen molar-refractivity contribution in [1.29, 1.82) is 0 Å². The molecule has 0 unspecified atom stereocenters. The summed E-state index contributed by atoms with van der Waals surface area (Å²) in [6, 6.07) is 13.4. The Morgan fingerprint density at radius 2 is 2.07 bits per heavy atom. The third kappa shape index (κ3) is 5.06. The van der Waals surface area contributed by atoms with E-state index in [1.807, 2.05) is 42.5 Å². The van der Waals surface area contributed by atoms with Gasteiger partial charge in [0.1, 0.15) is 5.75 Å². The predicted molar refractivity (Wildman–Crippen MR) is 110 cm³/mol. The highest BCUT2D eigenvalue weighted by Gasteiger charge is 2.21. The van der Waals surface area contributed by atoms with Crippen LogP contribution in [-0.2, 0) is 4.79 Å². The summed E-state index contributed by atoms with van der Waals surface area (Å²) in [5, 5.41) is 3.06. The zero-order chi connectivity index (χ0) is 19.9. The van der Waals surface area contributed by atoms with Crippen LogP contribution in [0.3, 0.4) is 0 Å². The Morgan fingerprint density at radius 1 is 1.25 bits per heavy atom. The summed E-state index contributed by atoms with van der Waals surface area (Å²) in [4.78, 5) is 12.4. The molecule has 0 spiro atoms. The first-order valence-corrected chi connectivity index (χ1v) is 9.58. The maximum absolute atomic E-state index is 12.4. The van der Waals surface area contributed by atoms with Crippen LogP contribution < -0.4 is 19.5 Å². The predicted octanol–water partition coefficient (Wildman–Crippen LogP) is 4.38. The SMILES string of the molecule is COc1cc(/C=C/C(=O)N[C@@H]2CCOc3ccccc32)ccc1OCC(C)C. The molecule has 148 valence electrons. The van der Waals surface area contributed by atoms with Gasteiger partial charge in [-0.15, -0.1) is 0 Å². The molecule has 1 aliphatic heterocycles. The highest BCUT2D eigenvalue weighted by molar-refractivity contribution is 5.92. The van der Waals surface area contributed by atoms with Crippen molar-refractivity contribution in [2.45, 2.75) is 26.3 Å². The lowest BCUT2D eigenvalue weighted by Crippen LogP contribution is -2.30. The third-order valence-electron chi connectivity index (χ3n) is 4.46. The summed E-state index contributed by atoms with van der Waals surface area (Å²) < 4.78 is 16.8. The van der Waals surface area contributed by atoms with Crippen LogP contribution in [0.1, 0.15) is 37.4 Å². The molecule has 3 rings (SSSR count). The van der Waals surface area contributed by atoms with Gasteiger partial charge in [-0.3, -0.25) is 4.79 Å². The van der Waals surface area contributed by atoms with Gasteiger partial charge in [0.25, 0.3) is 0 Å². The highest BCUT2D eigenvalue weighted by atomic mass is 16.5. The maximum atomic E-state index is 12.4. The number of carbonyl (C=O) groups excluding carboxylic acids is 1. The third-order valence-corrected chi connectivity index (χ3v) is 4.46. The first kappa shape index (κ1) is 19.8. The Labute approximate surface area is 166 Å². The van der Waals surface area contributed by atoms with Crippen LogP contribution in [0.25, 0.3) is 6.08 Å². The second-order valence-corrected chi connectivity index (χ2v) is 7.18. The largest absolute Gasteiger partial charge is 0.493 e. The molecule has 1 heterocycles. The molecule has 0 aromatic heterocycles. The Hall–Kier alpha value is -2.95. The molecule has 0 aliphatic carbocycles. The Kier molecular flexibility index (Phi) is 6.58. The molecular weight excluding hydrogens is 354 g/mol. The van der Waals surface area contributed by atoms with Crippen molar-refractivity contribution in [2.24, 2.45) is 5.92 Å². The lowest BCUT2D eigenvalue weighted by molar-refractivity contribution is -0.117. The van der Waals surface area contributed by atoms with Crippen LogP contribution in [-0.4, -0.2) is 26.2 Å². The van der Waals surface area contributed by atoms with Crippen LogP contribution in [0, 0.1) is 5.92 Å². The minimum atomic E-state index is -0.138. The standard InChI is InChI=1S/C23H27NO4/c1-16(2)15-28-21-10-8-17(14-22(21)26-3)9-11-23(25)24-19-12-13-27-20-7-5-4-6-18(19)20/h4-11,14,16,19H,12-13,15H2,1-3H3,(H,24,25)/b11-9+/t19-/m1/s1. The summed E-state index contributed by atoms with van der Waals surface area (Å²) in [5.74, 6) is 2.49. The Balaban J connectivity index is 1.64. The van der Waals surface area contributed by atoms with Crippen molar-refractivity contribution in [3.63, 3.8) is 0 Å². The van der Waals surface area contributed by atoms with E-state index in [0.717, 1.165) is 23.3 Å². The molecule has 0 saturated carbocycles. The fourth-order valence-corrected chi connectivity index (χ4v) is 3.05. The molecule has 1 aliphatic rings. The van der Waals surface area contributed by atoms with E-state index in [9.17, 15) is 4.79 Å². The van der Waals surface area contributed by atoms with Gasteiger partial charge in [0.05, 0.1) is 26.4 Å². The second-order valence-electron chi connectivity index (χ2n) is 7.18. The van der Waals surface area contributed by atoms with Gasteiger partial charge in [0, 0.05) is 18.1 Å². The molecule has 0 fully saturated rings. The number of ether oxygens (including phenoxy) is 3. The zero-order valence-corrected chi connectivity index (χ0v) is 16.6. The molecule has 1 amide bonds. The van der Waals surface area contributed by atoms with Crippen molar-refractivity contribution in [3.8, 4) is 17.2 Å². The number of carbonyl (C=O) groups is 1. The van der Waals surface area contributed by atoms with E-state index in [1.165, 1.54) is 0 Å². The lowest BCUT2D eigenvalue weighted by atomic mass is 10.0. The topological polar surface area (TPSA) is 56.8 Å². The Bertz CT molecular complexity index is 844. The van der Waals surface area contributed by atoms with Gasteiger partial charge in [0.2, 0.25) is 5.91 Å². The minimum absolute atomic E-state index is 0.0385. The number of fused-ring (bicyclic) bond motifs is 1. The second kappa shape index (κ2) is 9.31. The molecule has 5 nitrogen and oxygen atoms in total. The fraction of sp³-hybridized carbons (Fsp3) is 0.348. The van der Waals surface area contributed by atoms with Gasteiger partial charge in [-0.2, -0.15) is 0 Å². The molecule has 2 aromatic carbocycles. The van der Waals surface area contributed by atoms with Crippen LogP contribution in [0.2, 0.25) is 0 Å². The van der Waals surface area contributed by atoms with Gasteiger partial charge in [0.15, 0.2) is 11.5 Å². The van der Waals surface area contributed by atoms with Crippen LogP contribution in [0.4, 0.5) is 0 Å². The van der Waals surface area contributed by atoms with E-state index < -0.39 is 0 Å². The zero-order valence-electron chi connectivity index (χ0n) is 16.6. The van der Waals surface area contributed by atoms with Crippen molar-refractivity contribution >= 4 is 12.0 Å². The number of amides is 1. The first-order valence-electron chi connectivity index (χ1n) is 9.58. The normalized spacial score (nSPS) is 15.8. The molecule has 1 atom stereocenters. The summed E-state index contributed by atoms with van der Waals surface area (Å²) in [6.07, 6.45) is 4.07. The summed E-state index contributed by atoms with van der Waals surface area (Å²) in [7, 11) is 1.61. The Morgan fingerprint density at radius 3 is 2.86 bits per heavy atom. The van der Waals surface area contributed by atoms with Crippen LogP contribution >= 0.6 is 0 Å². The number of hydrogen-bond acceptors (Lipinski definition) is 4. The summed E-state index contributed by atoms with van der Waals surface area (Å²) in [6.45, 7) is 5.42. The smallest absolute Gasteiger partial charge is 0.244 e. The number of nitrogens with one attached hydrogen (secondary N) is 1. The average molecular weight is 381 g/mol. The van der Waals surface area contributed by atoms with Gasteiger partial charge in [-0.25, -0.2) is 0 Å². The van der Waals surface area contributed by atoms with Gasteiger partial charge < -0.3 is 19.5 Å². The monoisotopic (exact) mass is 381 g/mol. The van der Waals surface area contributed by atoms with E-state index in [2.05, 4.69) is 19.2 Å². The molecule has 0 bridgehead atoms. The van der Waals surface area contributed by atoms with Crippen LogP contribution in [0.5, 0.6) is 17.2 Å². The number of rotatable bonds is 7. The van der Waals surface area contributed by atoms with E-state index in [4.69, 9.17) is 14.2 Å². The lowest BCUT2D eigenvalue weighted by Gasteiger charge is -2.26. The number of benzene rings is 2. The molecule has 1 N–H and O–H groups in total. The molecule has 0 saturated heterocycles. The number of methoxy groups -OCH3 is 1. The minimum Gasteiger partial charge on any atom is -0.493 e. The number of hydrogen-bond donors (Lipinski definition) is 1. The van der Waals surface area contributed by atoms with Crippen LogP contribution in [0.15, 0.2) is 48.5 Å². The van der Waals surface area contributed by atoms with E-state index >= 15 is 0 Å². The first-order chi connectivity index (χ1) is 13.6. The van der Waals surface area contributed by atoms with Crippen molar-refractivity contribution in [3.05, 3.63) is 59.7 Å². The fourth-order valence-electron chi connectivity index (χ4n) is 3.05. The van der Waals surface area contributed by atoms with Gasteiger partial charge in [-0.05, 0) is 35.8 Å². The molecule has 0 radical (unpaired) electrons. The highest BCUT2D eigenvalue weighted by Crippen LogP contribution is 2.32. The van der Waals surface area contributed by atoms with E-state index in [1.54, 1.807) is 19.3 Å². The summed E-state index contributed by atoms with van der Waals surface area (Å²) in [5.41, 5.74) is 1.89. The molecular formula is C23H27NO4. The molecule has 28 heavy (non-hydrogen) atoms. The van der Waals surface area contributed by atoms with Gasteiger partial charge in [-0.1, -0.05) is 38.1 Å². The quantitative estimate of drug-likeness (QED) is 0.723. The molecule has 2 aromatic rings. The van der Waals surface area contributed by atoms with Gasteiger partial charge >= 0.3 is 0 Å². The number of para-hydroxylation sites is 1. The van der Waals surface area contributed by atoms with Crippen molar-refractivity contribution in [2.75, 3.05) is 20.3 Å². The van der Waals surface area contributed by atoms with Crippen molar-refractivity contribution < 1.29 is 19.0 Å².